The third-order valence-corrected chi connectivity index (χ3v) is 9.42. The van der Waals surface area contributed by atoms with Gasteiger partial charge in [0, 0.05) is 91.3 Å². The average molecular weight is 674 g/mol. The number of aliphatic hydroxyl groups excluding tert-OH is 1. The number of hydrogen-bond acceptors (Lipinski definition) is 7. The van der Waals surface area contributed by atoms with Crippen molar-refractivity contribution in [2.45, 2.75) is 32.0 Å². The highest BCUT2D eigenvalue weighted by atomic mass is 35.5. The number of rotatable bonds is 12. The SMILES string of the molecule is COc1cc(-c2nccc(-c3cccc(-c4ccc5c(CN(C)CCO)cn(C)c5n4)c3Cl)c2Cl)ccc1CNCC1CCC(=O)N1. The molecule has 3 N–H and O–H groups in total. The molecule has 5 aromatic rings. The Bertz CT molecular complexity index is 1930. The van der Waals surface area contributed by atoms with Crippen LogP contribution in [-0.2, 0) is 24.9 Å². The second-order valence-corrected chi connectivity index (χ2v) is 12.7. The van der Waals surface area contributed by atoms with Crippen molar-refractivity contribution < 1.29 is 14.6 Å². The number of likely N-dealkylation sites (N-methyl/N-ethyl adjacent to an activating group) is 1. The Morgan fingerprint density at radius 1 is 1.09 bits per heavy atom. The third kappa shape index (κ3) is 7.00. The molecular weight excluding hydrogens is 635 g/mol. The summed E-state index contributed by atoms with van der Waals surface area (Å²) in [6.07, 6.45) is 5.25. The van der Waals surface area contributed by atoms with Crippen molar-refractivity contribution >= 4 is 40.1 Å². The lowest BCUT2D eigenvalue weighted by atomic mass is 9.99. The number of nitrogens with one attached hydrogen (secondary N) is 2. The van der Waals surface area contributed by atoms with E-state index in [1.165, 1.54) is 0 Å². The summed E-state index contributed by atoms with van der Waals surface area (Å²) in [5.74, 6) is 0.830. The summed E-state index contributed by atoms with van der Waals surface area (Å²) < 4.78 is 7.76. The summed E-state index contributed by atoms with van der Waals surface area (Å²) in [4.78, 5) is 23.2. The molecule has 0 spiro atoms. The second kappa shape index (κ2) is 14.4. The van der Waals surface area contributed by atoms with Gasteiger partial charge in [0.15, 0.2) is 0 Å². The number of ether oxygens (including phenoxy) is 1. The molecule has 4 heterocycles. The van der Waals surface area contributed by atoms with Gasteiger partial charge in [-0.2, -0.15) is 0 Å². The summed E-state index contributed by atoms with van der Waals surface area (Å²) in [5, 5.41) is 17.8. The molecule has 244 valence electrons. The van der Waals surface area contributed by atoms with E-state index in [1.54, 1.807) is 13.3 Å². The second-order valence-electron chi connectivity index (χ2n) is 11.9. The van der Waals surface area contributed by atoms with Gasteiger partial charge in [0.05, 0.1) is 35.1 Å². The van der Waals surface area contributed by atoms with Crippen LogP contribution in [0.15, 0.2) is 67.0 Å². The number of carbonyl (C=O) groups is 1. The van der Waals surface area contributed by atoms with Gasteiger partial charge in [0.25, 0.3) is 0 Å². The molecule has 0 radical (unpaired) electrons. The first-order valence-electron chi connectivity index (χ1n) is 15.6. The van der Waals surface area contributed by atoms with Crippen LogP contribution >= 0.6 is 23.2 Å². The van der Waals surface area contributed by atoms with Crippen molar-refractivity contribution in [3.63, 3.8) is 0 Å². The number of halogens is 2. The van der Waals surface area contributed by atoms with Gasteiger partial charge in [-0.3, -0.25) is 14.7 Å². The molecule has 1 saturated heterocycles. The minimum atomic E-state index is 0.109. The third-order valence-electron chi connectivity index (χ3n) is 8.63. The van der Waals surface area contributed by atoms with Gasteiger partial charge < -0.3 is 25.0 Å². The lowest BCUT2D eigenvalue weighted by molar-refractivity contribution is -0.119. The van der Waals surface area contributed by atoms with E-state index in [4.69, 9.17) is 32.9 Å². The molecule has 47 heavy (non-hydrogen) atoms. The van der Waals surface area contributed by atoms with E-state index in [9.17, 15) is 9.90 Å². The number of benzene rings is 2. The van der Waals surface area contributed by atoms with Gasteiger partial charge in [-0.1, -0.05) is 53.5 Å². The molecule has 11 heteroatoms. The van der Waals surface area contributed by atoms with Crippen molar-refractivity contribution in [2.24, 2.45) is 7.05 Å². The van der Waals surface area contributed by atoms with Crippen molar-refractivity contribution in [1.82, 2.24) is 30.1 Å². The van der Waals surface area contributed by atoms with Crippen molar-refractivity contribution in [3.05, 3.63) is 88.2 Å². The number of aliphatic hydroxyl groups is 1. The maximum absolute atomic E-state index is 11.5. The summed E-state index contributed by atoms with van der Waals surface area (Å²) in [6.45, 7) is 2.73. The first kappa shape index (κ1) is 32.9. The Morgan fingerprint density at radius 2 is 1.89 bits per heavy atom. The van der Waals surface area contributed by atoms with Crippen molar-refractivity contribution in [3.8, 4) is 39.4 Å². The van der Waals surface area contributed by atoms with Crippen molar-refractivity contribution in [2.75, 3.05) is 33.9 Å². The fourth-order valence-electron chi connectivity index (χ4n) is 6.19. The number of nitrogens with zero attached hydrogens (tertiary/aromatic N) is 4. The molecule has 1 amide bonds. The molecule has 9 nitrogen and oxygen atoms in total. The van der Waals surface area contributed by atoms with Crippen LogP contribution in [0.3, 0.4) is 0 Å². The highest BCUT2D eigenvalue weighted by Gasteiger charge is 2.21. The predicted octanol–water partition coefficient (Wildman–Crippen LogP) is 6.08. The number of aromatic nitrogens is 3. The standard InChI is InChI=1S/C36H38Cl2N6O3/c1-43(15-16-45)20-24-21-44(2)36-26(24)10-11-30(42-36)29-6-4-5-27(33(29)37)28-13-14-40-35(34(28)38)22-7-8-23(31(17-22)47-3)18-39-19-25-9-12-32(46)41-25/h4-8,10-11,13-14,17,21,25,39,45H,9,12,15-16,18-20H2,1-3H3,(H,41,46). The van der Waals surface area contributed by atoms with Gasteiger partial charge in [0.1, 0.15) is 11.4 Å². The molecule has 0 saturated carbocycles. The van der Waals surface area contributed by atoms with E-state index < -0.39 is 0 Å². The number of pyridine rings is 2. The van der Waals surface area contributed by atoms with E-state index in [-0.39, 0.29) is 18.6 Å². The minimum absolute atomic E-state index is 0.109. The molecular formula is C36H38Cl2N6O3. The number of carbonyl (C=O) groups excluding carboxylic acids is 1. The molecule has 0 bridgehead atoms. The maximum atomic E-state index is 11.5. The van der Waals surface area contributed by atoms with Crippen LogP contribution in [0.1, 0.15) is 24.0 Å². The Morgan fingerprint density at radius 3 is 2.66 bits per heavy atom. The van der Waals surface area contributed by atoms with Crippen LogP contribution in [0.4, 0.5) is 0 Å². The van der Waals surface area contributed by atoms with E-state index >= 15 is 0 Å². The van der Waals surface area contributed by atoms with Gasteiger partial charge in [0.2, 0.25) is 5.91 Å². The summed E-state index contributed by atoms with van der Waals surface area (Å²) in [6, 6.07) is 17.9. The van der Waals surface area contributed by atoms with Crippen LogP contribution in [0.5, 0.6) is 5.75 Å². The molecule has 0 aliphatic carbocycles. The Hall–Kier alpha value is -3.99. The van der Waals surface area contributed by atoms with Crippen LogP contribution in [0.25, 0.3) is 44.7 Å². The molecule has 3 aromatic heterocycles. The zero-order valence-electron chi connectivity index (χ0n) is 26.7. The fraction of sp³-hybridized carbons (Fsp3) is 0.306. The molecule has 1 aliphatic heterocycles. The van der Waals surface area contributed by atoms with Gasteiger partial charge in [-0.05, 0) is 43.3 Å². The number of hydrogen-bond donors (Lipinski definition) is 3. The predicted molar refractivity (Wildman–Crippen MR) is 188 cm³/mol. The average Bonchev–Trinajstić information content (AvgIpc) is 3.62. The Balaban J connectivity index is 1.27. The molecule has 1 atom stereocenters. The van der Waals surface area contributed by atoms with Crippen LogP contribution < -0.4 is 15.4 Å². The highest BCUT2D eigenvalue weighted by Crippen LogP contribution is 2.42. The number of aryl methyl sites for hydroxylation is 1. The van der Waals surface area contributed by atoms with Crippen LogP contribution in [-0.4, -0.2) is 70.3 Å². The summed E-state index contributed by atoms with van der Waals surface area (Å²) in [7, 11) is 5.62. The van der Waals surface area contributed by atoms with Crippen molar-refractivity contribution in [1.29, 1.82) is 0 Å². The summed E-state index contributed by atoms with van der Waals surface area (Å²) >= 11 is 14.2. The number of methoxy groups -OCH3 is 1. The smallest absolute Gasteiger partial charge is 0.220 e. The largest absolute Gasteiger partial charge is 0.496 e. The molecule has 1 fully saturated rings. The molecule has 1 aliphatic rings. The van der Waals surface area contributed by atoms with E-state index in [0.29, 0.717) is 48.3 Å². The van der Waals surface area contributed by atoms with Gasteiger partial charge in [-0.25, -0.2) is 4.98 Å². The molecule has 1 unspecified atom stereocenters. The first-order chi connectivity index (χ1) is 22.8. The fourth-order valence-corrected chi connectivity index (χ4v) is 6.84. The van der Waals surface area contributed by atoms with Gasteiger partial charge in [-0.15, -0.1) is 0 Å². The van der Waals surface area contributed by atoms with Crippen LogP contribution in [0.2, 0.25) is 10.0 Å². The normalized spacial score (nSPS) is 14.7. The first-order valence-corrected chi connectivity index (χ1v) is 16.4. The van der Waals surface area contributed by atoms with Gasteiger partial charge >= 0.3 is 0 Å². The van der Waals surface area contributed by atoms with E-state index in [2.05, 4.69) is 32.8 Å². The quantitative estimate of drug-likeness (QED) is 0.148. The lowest BCUT2D eigenvalue weighted by Crippen LogP contribution is -2.35. The van der Waals surface area contributed by atoms with E-state index in [1.807, 2.05) is 67.2 Å². The lowest BCUT2D eigenvalue weighted by Gasteiger charge is -2.16. The zero-order chi connectivity index (χ0) is 33.1. The number of amides is 1. The zero-order valence-corrected chi connectivity index (χ0v) is 28.2. The number of fused-ring (bicyclic) bond motifs is 1. The summed E-state index contributed by atoms with van der Waals surface area (Å²) in [5.41, 5.74) is 7.56. The minimum Gasteiger partial charge on any atom is -0.496 e. The topological polar surface area (TPSA) is 105 Å². The Labute approximate surface area is 284 Å². The molecule has 6 rings (SSSR count). The Kier molecular flexibility index (Phi) is 10.1. The highest BCUT2D eigenvalue weighted by molar-refractivity contribution is 6.39. The van der Waals surface area contributed by atoms with E-state index in [0.717, 1.165) is 62.3 Å². The monoisotopic (exact) mass is 672 g/mol. The maximum Gasteiger partial charge on any atom is 0.220 e. The molecule has 2 aromatic carbocycles. The van der Waals surface area contributed by atoms with Crippen LogP contribution in [0, 0.1) is 0 Å².